The van der Waals surface area contributed by atoms with Crippen molar-refractivity contribution in [3.63, 3.8) is 0 Å². The van der Waals surface area contributed by atoms with Gasteiger partial charge in [-0.25, -0.2) is 0 Å². The van der Waals surface area contributed by atoms with Crippen LogP contribution in [0, 0.1) is 0 Å². The molecule has 3 rings (SSSR count). The molecule has 0 aliphatic carbocycles. The Balaban J connectivity index is 1.58. The first-order chi connectivity index (χ1) is 10.3. The molecule has 0 radical (unpaired) electrons. The average molecular weight is 308 g/mol. The molecule has 1 aliphatic rings. The fourth-order valence-electron chi connectivity index (χ4n) is 2.39. The predicted octanol–water partition coefficient (Wildman–Crippen LogP) is 3.51. The van der Waals surface area contributed by atoms with E-state index in [1.807, 2.05) is 12.1 Å². The lowest BCUT2D eigenvalue weighted by Gasteiger charge is -2.09. The van der Waals surface area contributed by atoms with Crippen LogP contribution in [0.15, 0.2) is 28.8 Å². The summed E-state index contributed by atoms with van der Waals surface area (Å²) in [6.07, 6.45) is 4.72. The highest BCUT2D eigenvalue weighted by Gasteiger charge is 2.19. The Morgan fingerprint density at radius 1 is 1.24 bits per heavy atom. The van der Waals surface area contributed by atoms with E-state index in [2.05, 4.69) is 15.5 Å². The SMILES string of the molecule is Clc1ccc(OCc2nc(C3CCCCCN3)no2)cc1. The lowest BCUT2D eigenvalue weighted by molar-refractivity contribution is 0.242. The van der Waals surface area contributed by atoms with Crippen molar-refractivity contribution in [2.75, 3.05) is 6.54 Å². The minimum Gasteiger partial charge on any atom is -0.484 e. The molecule has 1 fully saturated rings. The van der Waals surface area contributed by atoms with E-state index in [0.29, 0.717) is 10.9 Å². The van der Waals surface area contributed by atoms with Crippen LogP contribution in [0.2, 0.25) is 5.02 Å². The average Bonchev–Trinajstić information content (AvgIpc) is 2.80. The van der Waals surface area contributed by atoms with Gasteiger partial charge >= 0.3 is 0 Å². The number of rotatable bonds is 4. The maximum Gasteiger partial charge on any atom is 0.264 e. The Morgan fingerprint density at radius 3 is 2.95 bits per heavy atom. The first kappa shape index (κ1) is 14.4. The van der Waals surface area contributed by atoms with Crippen molar-refractivity contribution in [1.29, 1.82) is 0 Å². The largest absolute Gasteiger partial charge is 0.484 e. The van der Waals surface area contributed by atoms with Crippen LogP contribution in [0.4, 0.5) is 0 Å². The predicted molar refractivity (Wildman–Crippen MR) is 79.3 cm³/mol. The van der Waals surface area contributed by atoms with Crippen molar-refractivity contribution in [3.8, 4) is 5.75 Å². The van der Waals surface area contributed by atoms with Crippen LogP contribution in [0.3, 0.4) is 0 Å². The lowest BCUT2D eigenvalue weighted by Crippen LogP contribution is -2.21. The number of nitrogens with zero attached hydrogens (tertiary/aromatic N) is 2. The van der Waals surface area contributed by atoms with Crippen LogP contribution in [0.25, 0.3) is 0 Å². The van der Waals surface area contributed by atoms with E-state index in [1.165, 1.54) is 19.3 Å². The molecule has 1 aromatic heterocycles. The van der Waals surface area contributed by atoms with Gasteiger partial charge < -0.3 is 14.6 Å². The molecule has 6 heteroatoms. The third-order valence-corrected chi connectivity index (χ3v) is 3.78. The van der Waals surface area contributed by atoms with Crippen LogP contribution in [-0.2, 0) is 6.61 Å². The number of benzene rings is 1. The summed E-state index contributed by atoms with van der Waals surface area (Å²) in [7, 11) is 0. The molecule has 1 N–H and O–H groups in total. The van der Waals surface area contributed by atoms with Crippen molar-refractivity contribution >= 4 is 11.6 Å². The molecule has 1 aromatic carbocycles. The fraction of sp³-hybridized carbons (Fsp3) is 0.467. The minimum absolute atomic E-state index is 0.195. The lowest BCUT2D eigenvalue weighted by atomic mass is 10.1. The fourth-order valence-corrected chi connectivity index (χ4v) is 2.52. The Morgan fingerprint density at radius 2 is 2.10 bits per heavy atom. The Labute approximate surface area is 128 Å². The van der Waals surface area contributed by atoms with Crippen molar-refractivity contribution in [2.24, 2.45) is 0 Å². The number of nitrogens with one attached hydrogen (secondary N) is 1. The molecule has 1 atom stereocenters. The quantitative estimate of drug-likeness (QED) is 0.936. The molecule has 21 heavy (non-hydrogen) atoms. The van der Waals surface area contributed by atoms with E-state index in [1.54, 1.807) is 12.1 Å². The van der Waals surface area contributed by atoms with Gasteiger partial charge in [0, 0.05) is 5.02 Å². The van der Waals surface area contributed by atoms with Gasteiger partial charge in [-0.1, -0.05) is 29.6 Å². The Hall–Kier alpha value is -1.59. The second-order valence-electron chi connectivity index (χ2n) is 5.14. The molecule has 2 aromatic rings. The standard InChI is InChI=1S/C15H18ClN3O2/c16-11-5-7-12(8-6-11)20-10-14-18-15(19-21-14)13-4-2-1-3-9-17-13/h5-8,13,17H,1-4,9-10H2. The summed E-state index contributed by atoms with van der Waals surface area (Å²) < 4.78 is 10.8. The van der Waals surface area contributed by atoms with Crippen molar-refractivity contribution in [3.05, 3.63) is 41.0 Å². The van der Waals surface area contributed by atoms with Gasteiger partial charge in [0.2, 0.25) is 0 Å². The van der Waals surface area contributed by atoms with Gasteiger partial charge in [-0.15, -0.1) is 0 Å². The number of halogens is 1. The Kier molecular flexibility index (Phi) is 4.72. The summed E-state index contributed by atoms with van der Waals surface area (Å²) in [4.78, 5) is 4.42. The van der Waals surface area contributed by atoms with Gasteiger partial charge in [0.05, 0.1) is 6.04 Å². The zero-order chi connectivity index (χ0) is 14.5. The zero-order valence-corrected chi connectivity index (χ0v) is 12.5. The second kappa shape index (κ2) is 6.91. The van der Waals surface area contributed by atoms with Gasteiger partial charge in [-0.2, -0.15) is 4.98 Å². The monoisotopic (exact) mass is 307 g/mol. The van der Waals surface area contributed by atoms with E-state index in [-0.39, 0.29) is 12.6 Å². The van der Waals surface area contributed by atoms with Crippen molar-refractivity contribution < 1.29 is 9.26 Å². The topological polar surface area (TPSA) is 60.2 Å². The minimum atomic E-state index is 0.195. The second-order valence-corrected chi connectivity index (χ2v) is 5.58. The summed E-state index contributed by atoms with van der Waals surface area (Å²) >= 11 is 5.83. The van der Waals surface area contributed by atoms with E-state index in [9.17, 15) is 0 Å². The number of aromatic nitrogens is 2. The molecular weight excluding hydrogens is 290 g/mol. The summed E-state index contributed by atoms with van der Waals surface area (Å²) in [5.74, 6) is 1.95. The normalized spacial score (nSPS) is 19.2. The Bertz CT molecular complexity index is 563. The summed E-state index contributed by atoms with van der Waals surface area (Å²) in [5.41, 5.74) is 0. The van der Waals surface area contributed by atoms with Gasteiger partial charge in [0.15, 0.2) is 12.4 Å². The summed E-state index contributed by atoms with van der Waals surface area (Å²) in [6.45, 7) is 1.27. The van der Waals surface area contributed by atoms with Crippen LogP contribution >= 0.6 is 11.6 Å². The molecule has 0 amide bonds. The van der Waals surface area contributed by atoms with Crippen LogP contribution in [0.1, 0.15) is 43.4 Å². The van der Waals surface area contributed by atoms with Gasteiger partial charge in [-0.05, 0) is 43.7 Å². The first-order valence-electron chi connectivity index (χ1n) is 7.25. The van der Waals surface area contributed by atoms with Gasteiger partial charge in [0.25, 0.3) is 5.89 Å². The summed E-state index contributed by atoms with van der Waals surface area (Å²) in [6, 6.07) is 7.39. The molecule has 0 spiro atoms. The highest BCUT2D eigenvalue weighted by atomic mass is 35.5. The number of hydrogen-bond acceptors (Lipinski definition) is 5. The maximum atomic E-state index is 5.83. The van der Waals surface area contributed by atoms with E-state index in [4.69, 9.17) is 20.9 Å². The molecule has 1 unspecified atom stereocenters. The van der Waals surface area contributed by atoms with Gasteiger partial charge in [0.1, 0.15) is 5.75 Å². The van der Waals surface area contributed by atoms with Crippen molar-refractivity contribution in [1.82, 2.24) is 15.5 Å². The third-order valence-electron chi connectivity index (χ3n) is 3.53. The van der Waals surface area contributed by atoms with Crippen LogP contribution in [-0.4, -0.2) is 16.7 Å². The van der Waals surface area contributed by atoms with E-state index < -0.39 is 0 Å². The molecule has 112 valence electrons. The van der Waals surface area contributed by atoms with Crippen LogP contribution in [0.5, 0.6) is 5.75 Å². The number of hydrogen-bond donors (Lipinski definition) is 1. The molecule has 0 bridgehead atoms. The highest BCUT2D eigenvalue weighted by molar-refractivity contribution is 6.30. The molecule has 1 saturated heterocycles. The number of ether oxygens (including phenoxy) is 1. The van der Waals surface area contributed by atoms with Gasteiger partial charge in [-0.3, -0.25) is 0 Å². The first-order valence-corrected chi connectivity index (χ1v) is 7.63. The smallest absolute Gasteiger partial charge is 0.264 e. The molecular formula is C15H18ClN3O2. The zero-order valence-electron chi connectivity index (χ0n) is 11.7. The van der Waals surface area contributed by atoms with E-state index in [0.717, 1.165) is 24.5 Å². The third kappa shape index (κ3) is 3.95. The summed E-state index contributed by atoms with van der Waals surface area (Å²) in [5, 5.41) is 8.19. The van der Waals surface area contributed by atoms with Crippen LogP contribution < -0.4 is 10.1 Å². The molecule has 0 saturated carbocycles. The maximum absolute atomic E-state index is 5.83. The van der Waals surface area contributed by atoms with E-state index >= 15 is 0 Å². The molecule has 2 heterocycles. The van der Waals surface area contributed by atoms with Crippen molar-refractivity contribution in [2.45, 2.75) is 38.3 Å². The molecule has 1 aliphatic heterocycles. The molecule has 5 nitrogen and oxygen atoms in total. The highest BCUT2D eigenvalue weighted by Crippen LogP contribution is 2.21.